The molecule has 1 aliphatic carbocycles. The summed E-state index contributed by atoms with van der Waals surface area (Å²) in [4.78, 5) is 18.4. The van der Waals surface area contributed by atoms with Crippen molar-refractivity contribution in [3.8, 4) is 17.3 Å². The number of aromatic nitrogens is 5. The second-order valence-corrected chi connectivity index (χ2v) is 10.8. The van der Waals surface area contributed by atoms with Crippen LogP contribution in [0.1, 0.15) is 44.9 Å². The van der Waals surface area contributed by atoms with Crippen LogP contribution in [0.3, 0.4) is 0 Å². The lowest BCUT2D eigenvalue weighted by atomic mass is 9.95. The Bertz CT molecular complexity index is 1460. The van der Waals surface area contributed by atoms with Crippen molar-refractivity contribution in [3.05, 3.63) is 42.7 Å². The lowest BCUT2D eigenvalue weighted by Gasteiger charge is -2.41. The number of ether oxygens (including phenoxy) is 2. The zero-order valence-corrected chi connectivity index (χ0v) is 23.9. The molecule has 1 aliphatic heterocycles. The van der Waals surface area contributed by atoms with E-state index >= 15 is 0 Å². The van der Waals surface area contributed by atoms with Gasteiger partial charge in [0, 0.05) is 55.0 Å². The molecule has 0 atom stereocenters. The lowest BCUT2D eigenvalue weighted by Crippen LogP contribution is -2.50. The van der Waals surface area contributed by atoms with Crippen molar-refractivity contribution in [2.45, 2.75) is 51.0 Å². The first kappa shape index (κ1) is 27.1. The van der Waals surface area contributed by atoms with Gasteiger partial charge in [-0.25, -0.2) is 9.97 Å². The highest BCUT2D eigenvalue weighted by atomic mass is 16.5. The fraction of sp³-hybridized carbons (Fsp3) is 0.467. The second kappa shape index (κ2) is 12.2. The summed E-state index contributed by atoms with van der Waals surface area (Å²) in [7, 11) is 3.18. The molecule has 0 radical (unpaired) electrons. The number of anilines is 4. The molecule has 0 spiro atoms. The predicted molar refractivity (Wildman–Crippen MR) is 162 cm³/mol. The van der Waals surface area contributed by atoms with Gasteiger partial charge in [0.25, 0.3) is 0 Å². The zero-order chi connectivity index (χ0) is 28.2. The highest BCUT2D eigenvalue weighted by molar-refractivity contribution is 5.88. The Hall–Kier alpha value is -4.12. The predicted octanol–water partition coefficient (Wildman–Crippen LogP) is 4.79. The third kappa shape index (κ3) is 5.85. The molecular formula is C30H39N9O2. The van der Waals surface area contributed by atoms with Crippen LogP contribution < -0.4 is 25.4 Å². The lowest BCUT2D eigenvalue weighted by molar-refractivity contribution is 0.157. The van der Waals surface area contributed by atoms with Crippen molar-refractivity contribution >= 4 is 34.2 Å². The van der Waals surface area contributed by atoms with Crippen LogP contribution in [0.5, 0.6) is 11.5 Å². The monoisotopic (exact) mass is 557 g/mol. The van der Waals surface area contributed by atoms with E-state index in [9.17, 15) is 0 Å². The van der Waals surface area contributed by atoms with Crippen LogP contribution in [0.15, 0.2) is 42.7 Å². The number of benzene rings is 2. The summed E-state index contributed by atoms with van der Waals surface area (Å²) in [6.45, 7) is 4.41. The molecule has 2 aromatic heterocycles. The number of piperazine rings is 1. The summed E-state index contributed by atoms with van der Waals surface area (Å²) in [5.74, 6) is 2.24. The number of hydrogen-bond acceptors (Lipinski definition) is 10. The van der Waals surface area contributed by atoms with Gasteiger partial charge in [-0.2, -0.15) is 9.67 Å². The summed E-state index contributed by atoms with van der Waals surface area (Å²) in [5, 5.41) is 8.58. The topological polar surface area (TPSA) is 119 Å². The number of fused-ring (bicyclic) bond motifs is 1. The van der Waals surface area contributed by atoms with E-state index in [1.807, 2.05) is 6.07 Å². The molecule has 3 N–H and O–H groups in total. The van der Waals surface area contributed by atoms with Crippen LogP contribution in [-0.2, 0) is 0 Å². The maximum atomic E-state index is 6.27. The SMILES string of the molecule is COc1cc2ncnc(-n3nc(Nc4ccc(N5CCN(C6CCCCCCC6)CC5)cc4)nc3N)c2cc1OC. The second-order valence-electron chi connectivity index (χ2n) is 10.8. The van der Waals surface area contributed by atoms with Crippen LogP contribution in [0.25, 0.3) is 16.7 Å². The molecule has 2 fully saturated rings. The molecule has 0 amide bonds. The fourth-order valence-corrected chi connectivity index (χ4v) is 6.10. The Morgan fingerprint density at radius 2 is 1.54 bits per heavy atom. The molecule has 41 heavy (non-hydrogen) atoms. The van der Waals surface area contributed by atoms with E-state index in [0.717, 1.165) is 37.9 Å². The Kier molecular flexibility index (Phi) is 8.04. The van der Waals surface area contributed by atoms with E-state index in [1.165, 1.54) is 61.6 Å². The number of nitrogens with zero attached hydrogens (tertiary/aromatic N) is 7. The van der Waals surface area contributed by atoms with Gasteiger partial charge in [-0.05, 0) is 43.2 Å². The third-order valence-corrected chi connectivity index (χ3v) is 8.35. The van der Waals surface area contributed by atoms with E-state index < -0.39 is 0 Å². The van der Waals surface area contributed by atoms with Crippen molar-refractivity contribution < 1.29 is 9.47 Å². The molecule has 11 nitrogen and oxygen atoms in total. The minimum absolute atomic E-state index is 0.209. The molecule has 0 bridgehead atoms. The van der Waals surface area contributed by atoms with Crippen LogP contribution in [0.4, 0.5) is 23.3 Å². The molecule has 2 aliphatic rings. The van der Waals surface area contributed by atoms with E-state index in [0.29, 0.717) is 34.2 Å². The van der Waals surface area contributed by atoms with Gasteiger partial charge in [-0.1, -0.05) is 32.1 Å². The minimum atomic E-state index is 0.209. The molecule has 6 rings (SSSR count). The number of nitrogens with two attached hydrogens (primary N) is 1. The van der Waals surface area contributed by atoms with Gasteiger partial charge in [0.05, 0.1) is 19.7 Å². The average Bonchev–Trinajstić information content (AvgIpc) is 3.35. The van der Waals surface area contributed by atoms with E-state index in [1.54, 1.807) is 20.3 Å². The Morgan fingerprint density at radius 3 is 2.24 bits per heavy atom. The van der Waals surface area contributed by atoms with Gasteiger partial charge in [-0.15, -0.1) is 5.10 Å². The summed E-state index contributed by atoms with van der Waals surface area (Å²) in [6.07, 6.45) is 11.2. The van der Waals surface area contributed by atoms with Crippen LogP contribution in [0.2, 0.25) is 0 Å². The molecule has 1 saturated heterocycles. The minimum Gasteiger partial charge on any atom is -0.493 e. The zero-order valence-electron chi connectivity index (χ0n) is 23.9. The molecular weight excluding hydrogens is 518 g/mol. The first-order valence-electron chi connectivity index (χ1n) is 14.6. The highest BCUT2D eigenvalue weighted by Gasteiger charge is 2.24. The van der Waals surface area contributed by atoms with E-state index in [2.05, 4.69) is 59.4 Å². The smallest absolute Gasteiger partial charge is 0.248 e. The Balaban J connectivity index is 1.12. The van der Waals surface area contributed by atoms with Crippen molar-refractivity contribution in [3.63, 3.8) is 0 Å². The molecule has 0 unspecified atom stereocenters. The first-order chi connectivity index (χ1) is 20.1. The number of nitrogen functional groups attached to an aromatic ring is 1. The highest BCUT2D eigenvalue weighted by Crippen LogP contribution is 2.33. The normalized spacial score (nSPS) is 17.3. The van der Waals surface area contributed by atoms with Crippen molar-refractivity contribution in [1.82, 2.24) is 29.6 Å². The van der Waals surface area contributed by atoms with Crippen molar-refractivity contribution in [2.24, 2.45) is 0 Å². The van der Waals surface area contributed by atoms with Gasteiger partial charge in [-0.3, -0.25) is 4.90 Å². The Labute approximate surface area is 240 Å². The number of rotatable bonds is 7. The maximum absolute atomic E-state index is 6.27. The van der Waals surface area contributed by atoms with Gasteiger partial charge < -0.3 is 25.4 Å². The standard InChI is InChI=1S/C30H39N9O2/c1-40-26-18-24-25(19-27(26)41-2)32-20-33-28(24)39-29(31)35-30(36-39)34-21-10-12-23(13-11-21)38-16-14-37(15-17-38)22-8-6-4-3-5-7-9-22/h10-13,18-20,22H,3-9,14-17H2,1-2H3,(H3,31,34,35,36). The summed E-state index contributed by atoms with van der Waals surface area (Å²) < 4.78 is 12.4. The maximum Gasteiger partial charge on any atom is 0.248 e. The van der Waals surface area contributed by atoms with Crippen LogP contribution in [0, 0.1) is 0 Å². The summed E-state index contributed by atoms with van der Waals surface area (Å²) in [5.41, 5.74) is 9.07. The molecule has 4 aromatic rings. The summed E-state index contributed by atoms with van der Waals surface area (Å²) >= 11 is 0. The number of nitrogens with one attached hydrogen (secondary N) is 1. The number of methoxy groups -OCH3 is 2. The van der Waals surface area contributed by atoms with E-state index in [-0.39, 0.29) is 5.95 Å². The third-order valence-electron chi connectivity index (χ3n) is 8.35. The summed E-state index contributed by atoms with van der Waals surface area (Å²) in [6, 6.07) is 12.8. The molecule has 11 heteroatoms. The van der Waals surface area contributed by atoms with Crippen molar-refractivity contribution in [2.75, 3.05) is 56.3 Å². The molecule has 1 saturated carbocycles. The fourth-order valence-electron chi connectivity index (χ4n) is 6.10. The van der Waals surface area contributed by atoms with Crippen molar-refractivity contribution in [1.29, 1.82) is 0 Å². The molecule has 216 valence electrons. The van der Waals surface area contributed by atoms with Crippen LogP contribution in [-0.4, -0.2) is 76.1 Å². The van der Waals surface area contributed by atoms with Gasteiger partial charge >= 0.3 is 0 Å². The van der Waals surface area contributed by atoms with Gasteiger partial charge in [0.1, 0.15) is 6.33 Å². The quantitative estimate of drug-likeness (QED) is 0.328. The molecule has 3 heterocycles. The Morgan fingerprint density at radius 1 is 0.854 bits per heavy atom. The van der Waals surface area contributed by atoms with E-state index in [4.69, 9.17) is 15.2 Å². The van der Waals surface area contributed by atoms with Crippen LogP contribution >= 0.6 is 0 Å². The van der Waals surface area contributed by atoms with Gasteiger partial charge in [0.2, 0.25) is 11.9 Å². The largest absolute Gasteiger partial charge is 0.493 e. The molecule has 2 aromatic carbocycles. The first-order valence-corrected chi connectivity index (χ1v) is 14.6. The average molecular weight is 558 g/mol. The van der Waals surface area contributed by atoms with Gasteiger partial charge in [0.15, 0.2) is 17.3 Å². The number of hydrogen-bond donors (Lipinski definition) is 2.